The fraction of sp³-hybridized carbons (Fsp3) is 0.278. The quantitative estimate of drug-likeness (QED) is 0.200. The molecule has 0 spiro atoms. The van der Waals surface area contributed by atoms with Gasteiger partial charge in [0, 0.05) is 61.7 Å². The summed E-state index contributed by atoms with van der Waals surface area (Å²) in [5, 5.41) is 3.51. The Morgan fingerprint density at radius 3 is 1.81 bits per heavy atom. The van der Waals surface area contributed by atoms with E-state index in [2.05, 4.69) is 138 Å². The van der Waals surface area contributed by atoms with Gasteiger partial charge in [-0.25, -0.2) is 4.99 Å². The molecule has 0 unspecified atom stereocenters. The van der Waals surface area contributed by atoms with E-state index in [1.54, 1.807) is 0 Å². The van der Waals surface area contributed by atoms with Gasteiger partial charge in [0.25, 0.3) is 6.02 Å². The number of nitrogens with one attached hydrogen (secondary N) is 1. The van der Waals surface area contributed by atoms with Crippen LogP contribution in [0.3, 0.4) is 0 Å². The third-order valence-corrected chi connectivity index (χ3v) is 7.52. The van der Waals surface area contributed by atoms with Gasteiger partial charge in [-0.3, -0.25) is 5.32 Å². The SMILES string of the molecule is Cc1ccc2c(c1)C(c1ccc(N(C)C)cc1)(c1ccc(N(C)C)cc1)OC(N/C(=N\c1ccccc1)C(C)(C)C)=N2. The summed E-state index contributed by atoms with van der Waals surface area (Å²) in [6.45, 7) is 8.51. The topological polar surface area (TPSA) is 52.5 Å². The summed E-state index contributed by atoms with van der Waals surface area (Å²) >= 11 is 0. The van der Waals surface area contributed by atoms with Crippen LogP contribution in [0.15, 0.2) is 107 Å². The van der Waals surface area contributed by atoms with Crippen molar-refractivity contribution in [1.82, 2.24) is 5.32 Å². The van der Waals surface area contributed by atoms with Crippen molar-refractivity contribution < 1.29 is 4.74 Å². The molecule has 0 atom stereocenters. The molecule has 0 fully saturated rings. The Labute approximate surface area is 250 Å². The number of amidine groups is 2. The first-order chi connectivity index (χ1) is 20.0. The molecule has 1 aliphatic heterocycles. The van der Waals surface area contributed by atoms with Crippen LogP contribution in [0.4, 0.5) is 22.7 Å². The van der Waals surface area contributed by atoms with Crippen molar-refractivity contribution in [3.63, 3.8) is 0 Å². The molecule has 4 aromatic carbocycles. The molecule has 216 valence electrons. The number of benzene rings is 4. The lowest BCUT2D eigenvalue weighted by Gasteiger charge is -2.40. The minimum absolute atomic E-state index is 0.293. The van der Waals surface area contributed by atoms with Crippen LogP contribution in [0.25, 0.3) is 0 Å². The Morgan fingerprint density at radius 2 is 1.31 bits per heavy atom. The number of hydrogen-bond donors (Lipinski definition) is 1. The van der Waals surface area contributed by atoms with Crippen LogP contribution >= 0.6 is 0 Å². The Bertz CT molecular complexity index is 1540. The van der Waals surface area contributed by atoms with Crippen LogP contribution in [-0.4, -0.2) is 40.0 Å². The van der Waals surface area contributed by atoms with Gasteiger partial charge in [0.05, 0.1) is 11.4 Å². The summed E-state index contributed by atoms with van der Waals surface area (Å²) in [7, 11) is 8.20. The summed E-state index contributed by atoms with van der Waals surface area (Å²) in [6.07, 6.45) is 0. The first-order valence-corrected chi connectivity index (χ1v) is 14.3. The number of hydrogen-bond acceptors (Lipinski definition) is 5. The number of ether oxygens (including phenoxy) is 1. The molecule has 5 rings (SSSR count). The predicted octanol–water partition coefficient (Wildman–Crippen LogP) is 7.80. The van der Waals surface area contributed by atoms with Crippen molar-refractivity contribution >= 4 is 34.6 Å². The first-order valence-electron chi connectivity index (χ1n) is 14.3. The fourth-order valence-corrected chi connectivity index (χ4v) is 5.12. The van der Waals surface area contributed by atoms with Gasteiger partial charge in [-0.15, -0.1) is 0 Å². The van der Waals surface area contributed by atoms with Gasteiger partial charge < -0.3 is 14.5 Å². The average molecular weight is 560 g/mol. The van der Waals surface area contributed by atoms with Gasteiger partial charge in [0.2, 0.25) is 0 Å². The molecule has 6 nitrogen and oxygen atoms in total. The smallest absolute Gasteiger partial charge is 0.297 e. The molecule has 6 heteroatoms. The Balaban J connectivity index is 1.72. The number of nitrogens with zero attached hydrogens (tertiary/aromatic N) is 4. The second kappa shape index (κ2) is 11.4. The largest absolute Gasteiger partial charge is 0.443 e. The van der Waals surface area contributed by atoms with E-state index in [0.717, 1.165) is 50.8 Å². The maximum absolute atomic E-state index is 7.12. The van der Waals surface area contributed by atoms with Gasteiger partial charge in [-0.2, -0.15) is 4.99 Å². The van der Waals surface area contributed by atoms with Crippen LogP contribution in [0.5, 0.6) is 0 Å². The van der Waals surface area contributed by atoms with E-state index in [0.29, 0.717) is 6.02 Å². The highest BCUT2D eigenvalue weighted by Gasteiger charge is 2.45. The fourth-order valence-electron chi connectivity index (χ4n) is 5.12. The number of rotatable bonds is 5. The Hall–Kier alpha value is -4.58. The van der Waals surface area contributed by atoms with E-state index < -0.39 is 5.60 Å². The van der Waals surface area contributed by atoms with Gasteiger partial charge in [-0.05, 0) is 55.5 Å². The van der Waals surface area contributed by atoms with Crippen molar-refractivity contribution in [2.75, 3.05) is 38.0 Å². The highest BCUT2D eigenvalue weighted by molar-refractivity contribution is 6.02. The molecule has 0 aromatic heterocycles. The van der Waals surface area contributed by atoms with Crippen molar-refractivity contribution in [2.24, 2.45) is 15.4 Å². The van der Waals surface area contributed by atoms with Crippen LogP contribution in [0.1, 0.15) is 43.0 Å². The number of fused-ring (bicyclic) bond motifs is 1. The molecule has 4 aromatic rings. The molecule has 0 radical (unpaired) electrons. The molecular weight excluding hydrogens is 518 g/mol. The third kappa shape index (κ3) is 5.75. The third-order valence-electron chi connectivity index (χ3n) is 7.52. The van der Waals surface area contributed by atoms with Gasteiger partial charge >= 0.3 is 0 Å². The van der Waals surface area contributed by atoms with Crippen molar-refractivity contribution in [3.8, 4) is 0 Å². The molecular formula is C36H41N5O. The zero-order valence-corrected chi connectivity index (χ0v) is 25.9. The van der Waals surface area contributed by atoms with E-state index in [1.807, 2.05) is 30.3 Å². The molecule has 42 heavy (non-hydrogen) atoms. The average Bonchev–Trinajstić information content (AvgIpc) is 2.97. The van der Waals surface area contributed by atoms with Crippen LogP contribution in [0, 0.1) is 12.3 Å². The standard InChI is InChI=1S/C36H41N5O/c1-25-14-23-32-31(24-25)36(26-15-19-29(20-16-26)40(5)6,27-17-21-30(22-18-27)41(7)8)42-34(38-32)39-33(35(2,3)4)37-28-12-10-9-11-13-28/h9-24H,1-8H3,(H,37,38,39). The lowest BCUT2D eigenvalue weighted by atomic mass is 9.78. The minimum atomic E-state index is -0.948. The summed E-state index contributed by atoms with van der Waals surface area (Å²) in [5.41, 5.74) is 6.90. The summed E-state index contributed by atoms with van der Waals surface area (Å²) < 4.78 is 7.12. The Morgan fingerprint density at radius 1 is 0.762 bits per heavy atom. The van der Waals surface area contributed by atoms with Crippen molar-refractivity contribution in [1.29, 1.82) is 0 Å². The minimum Gasteiger partial charge on any atom is -0.443 e. The second-order valence-corrected chi connectivity index (χ2v) is 12.3. The van der Waals surface area contributed by atoms with Crippen LogP contribution < -0.4 is 15.1 Å². The summed E-state index contributed by atoms with van der Waals surface area (Å²) in [4.78, 5) is 14.2. The maximum Gasteiger partial charge on any atom is 0.297 e. The van der Waals surface area contributed by atoms with E-state index in [4.69, 9.17) is 14.7 Å². The molecule has 0 saturated carbocycles. The highest BCUT2D eigenvalue weighted by Crippen LogP contribution is 2.48. The molecule has 0 saturated heterocycles. The predicted molar refractivity (Wildman–Crippen MR) is 177 cm³/mol. The number of para-hydroxylation sites is 1. The molecule has 1 aliphatic rings. The molecule has 0 aliphatic carbocycles. The first kappa shape index (κ1) is 28.9. The highest BCUT2D eigenvalue weighted by atomic mass is 16.5. The summed E-state index contributed by atoms with van der Waals surface area (Å²) in [5.74, 6) is 0.767. The normalized spacial score (nSPS) is 14.4. The maximum atomic E-state index is 7.12. The molecule has 0 amide bonds. The zero-order valence-electron chi connectivity index (χ0n) is 25.9. The summed E-state index contributed by atoms with van der Waals surface area (Å²) in [6, 6.07) is 34.0. The van der Waals surface area contributed by atoms with Crippen LogP contribution in [-0.2, 0) is 10.3 Å². The Kier molecular flexibility index (Phi) is 7.83. The molecule has 1 heterocycles. The second-order valence-electron chi connectivity index (χ2n) is 12.3. The monoisotopic (exact) mass is 559 g/mol. The number of anilines is 2. The van der Waals surface area contributed by atoms with E-state index in [9.17, 15) is 0 Å². The van der Waals surface area contributed by atoms with E-state index in [1.165, 1.54) is 0 Å². The van der Waals surface area contributed by atoms with Gasteiger partial charge in [-0.1, -0.05) is 74.9 Å². The van der Waals surface area contributed by atoms with E-state index in [-0.39, 0.29) is 5.41 Å². The van der Waals surface area contributed by atoms with Gasteiger partial charge in [0.15, 0.2) is 5.60 Å². The number of aliphatic imine (C=N–C) groups is 2. The van der Waals surface area contributed by atoms with Crippen LogP contribution in [0.2, 0.25) is 0 Å². The van der Waals surface area contributed by atoms with Crippen molar-refractivity contribution in [2.45, 2.75) is 33.3 Å². The van der Waals surface area contributed by atoms with Crippen molar-refractivity contribution in [3.05, 3.63) is 119 Å². The molecule has 0 bridgehead atoms. The molecule has 1 N–H and O–H groups in total. The lowest BCUT2D eigenvalue weighted by molar-refractivity contribution is 0.130. The number of aryl methyl sites for hydroxylation is 1. The zero-order chi connectivity index (χ0) is 30.1. The lowest BCUT2D eigenvalue weighted by Crippen LogP contribution is -2.47. The van der Waals surface area contributed by atoms with E-state index >= 15 is 0 Å². The van der Waals surface area contributed by atoms with Gasteiger partial charge in [0.1, 0.15) is 5.84 Å².